The van der Waals surface area contributed by atoms with E-state index in [0.717, 1.165) is 48.6 Å². The molecule has 5 heteroatoms. The van der Waals surface area contributed by atoms with Crippen molar-refractivity contribution >= 4 is 23.8 Å². The molecule has 0 aliphatic carbocycles. The van der Waals surface area contributed by atoms with E-state index in [4.69, 9.17) is 4.74 Å². The third-order valence-electron chi connectivity index (χ3n) is 5.32. The molecule has 0 aliphatic heterocycles. The van der Waals surface area contributed by atoms with E-state index in [-0.39, 0.29) is 12.2 Å². The van der Waals surface area contributed by atoms with Crippen LogP contribution in [0.4, 0.5) is 5.69 Å². The first kappa shape index (κ1) is 23.2. The van der Waals surface area contributed by atoms with Crippen LogP contribution in [-0.4, -0.2) is 49.2 Å². The van der Waals surface area contributed by atoms with Crippen molar-refractivity contribution in [3.8, 4) is 5.75 Å². The summed E-state index contributed by atoms with van der Waals surface area (Å²) >= 11 is 0. The highest BCUT2D eigenvalue weighted by Gasteiger charge is 2.15. The molecule has 0 aromatic heterocycles. The molecule has 160 valence electrons. The molecule has 0 saturated carbocycles. The molecule has 0 saturated heterocycles. The molecule has 0 amide bonds. The zero-order chi connectivity index (χ0) is 22.1. The third kappa shape index (κ3) is 5.74. The molecule has 2 rings (SSSR count). The van der Waals surface area contributed by atoms with Gasteiger partial charge in [-0.2, -0.15) is 0 Å². The van der Waals surface area contributed by atoms with Gasteiger partial charge in [-0.3, -0.25) is 0 Å². The predicted molar refractivity (Wildman–Crippen MR) is 125 cm³/mol. The number of benzene rings is 2. The lowest BCUT2D eigenvalue weighted by atomic mass is 10.0. The minimum absolute atomic E-state index is 0.149. The Kier molecular flexibility index (Phi) is 8.69. The highest BCUT2D eigenvalue weighted by Crippen LogP contribution is 2.27. The zero-order valence-corrected chi connectivity index (χ0v) is 18.2. The number of carbonyl (C=O) groups is 1. The molecule has 0 radical (unpaired) electrons. The molecule has 0 aliphatic rings. The fourth-order valence-electron chi connectivity index (χ4n) is 3.35. The Morgan fingerprint density at radius 2 is 1.83 bits per heavy atom. The maximum atomic E-state index is 11.7. The number of hydrogen-bond donors (Lipinski definition) is 1. The van der Waals surface area contributed by atoms with Gasteiger partial charge in [0.2, 0.25) is 0 Å². The van der Waals surface area contributed by atoms with Crippen molar-refractivity contribution < 1.29 is 14.6 Å². The minimum atomic E-state index is -1.01. The van der Waals surface area contributed by atoms with Crippen LogP contribution >= 0.6 is 0 Å². The van der Waals surface area contributed by atoms with Gasteiger partial charge >= 0.3 is 5.97 Å². The van der Waals surface area contributed by atoms with E-state index >= 15 is 0 Å². The second kappa shape index (κ2) is 11.2. The number of aromatic carboxylic acids is 1. The predicted octanol–water partition coefficient (Wildman–Crippen LogP) is 5.03. The van der Waals surface area contributed by atoms with Crippen molar-refractivity contribution in [2.45, 2.75) is 20.5 Å². The Morgan fingerprint density at radius 1 is 1.10 bits per heavy atom. The molecule has 5 nitrogen and oxygen atoms in total. The lowest BCUT2D eigenvalue weighted by Gasteiger charge is -2.25. The number of likely N-dealkylation sites (N-methyl/N-ethyl adjacent to an activating group) is 2. The smallest absolute Gasteiger partial charge is 0.339 e. The fraction of sp³-hybridized carbons (Fsp3) is 0.320. The largest absolute Gasteiger partial charge is 0.488 e. The molecule has 2 aromatic carbocycles. The van der Waals surface area contributed by atoms with Gasteiger partial charge in [0, 0.05) is 31.9 Å². The normalized spacial score (nSPS) is 10.7. The molecule has 0 heterocycles. The van der Waals surface area contributed by atoms with E-state index < -0.39 is 5.97 Å². The standard InChI is InChI=1S/C25H32N2O3/c1-6-19-11-10-12-20(22(19)7-2)18-30-24-17-21(13-14-23(24)25(28)29)26(5)15-16-27(8-3)9-4/h6-7,10-14,17H,1-2,8-9,15-16,18H2,3-5H3,(H,28,29). The quantitative estimate of drug-likeness (QED) is 0.534. The molecule has 0 spiro atoms. The Morgan fingerprint density at radius 3 is 2.43 bits per heavy atom. The van der Waals surface area contributed by atoms with Gasteiger partial charge in [0.05, 0.1) is 0 Å². The van der Waals surface area contributed by atoms with Crippen LogP contribution < -0.4 is 9.64 Å². The average molecular weight is 409 g/mol. The number of anilines is 1. The zero-order valence-electron chi connectivity index (χ0n) is 18.2. The summed E-state index contributed by atoms with van der Waals surface area (Å²) in [5.41, 5.74) is 3.91. The maximum Gasteiger partial charge on any atom is 0.339 e. The first-order valence-corrected chi connectivity index (χ1v) is 10.2. The molecule has 0 atom stereocenters. The van der Waals surface area contributed by atoms with Crippen LogP contribution in [0, 0.1) is 0 Å². The monoisotopic (exact) mass is 408 g/mol. The molecule has 30 heavy (non-hydrogen) atoms. The van der Waals surface area contributed by atoms with Crippen molar-refractivity contribution in [2.75, 3.05) is 38.1 Å². The number of hydrogen-bond acceptors (Lipinski definition) is 4. The summed E-state index contributed by atoms with van der Waals surface area (Å²) in [6.07, 6.45) is 3.54. The van der Waals surface area contributed by atoms with Gasteiger partial charge < -0.3 is 19.6 Å². The highest BCUT2D eigenvalue weighted by atomic mass is 16.5. The van der Waals surface area contributed by atoms with Gasteiger partial charge in [-0.25, -0.2) is 4.79 Å². The van der Waals surface area contributed by atoms with E-state index in [1.165, 1.54) is 0 Å². The average Bonchev–Trinajstić information content (AvgIpc) is 2.77. The van der Waals surface area contributed by atoms with Gasteiger partial charge in [0.1, 0.15) is 17.9 Å². The Hall–Kier alpha value is -3.05. The van der Waals surface area contributed by atoms with Crippen LogP contribution in [0.3, 0.4) is 0 Å². The summed E-state index contributed by atoms with van der Waals surface area (Å²) in [6.45, 7) is 16.1. The first-order valence-electron chi connectivity index (χ1n) is 10.2. The third-order valence-corrected chi connectivity index (χ3v) is 5.32. The summed E-state index contributed by atoms with van der Waals surface area (Å²) < 4.78 is 5.99. The van der Waals surface area contributed by atoms with Gasteiger partial charge in [-0.05, 0) is 41.9 Å². The Bertz CT molecular complexity index is 888. The molecule has 2 aromatic rings. The van der Waals surface area contributed by atoms with E-state index in [2.05, 4.69) is 36.8 Å². The van der Waals surface area contributed by atoms with Crippen LogP contribution in [-0.2, 0) is 6.61 Å². The summed E-state index contributed by atoms with van der Waals surface area (Å²) in [4.78, 5) is 16.2. The summed E-state index contributed by atoms with van der Waals surface area (Å²) in [5, 5.41) is 9.59. The second-order valence-electron chi connectivity index (χ2n) is 7.05. The maximum absolute atomic E-state index is 11.7. The van der Waals surface area contributed by atoms with Crippen molar-refractivity contribution in [3.05, 3.63) is 71.8 Å². The van der Waals surface area contributed by atoms with Crippen LogP contribution in [0.5, 0.6) is 5.75 Å². The number of ether oxygens (including phenoxy) is 1. The second-order valence-corrected chi connectivity index (χ2v) is 7.05. The summed E-state index contributed by atoms with van der Waals surface area (Å²) in [7, 11) is 2.01. The molecule has 0 unspecified atom stereocenters. The fourth-order valence-corrected chi connectivity index (χ4v) is 3.35. The topological polar surface area (TPSA) is 53.0 Å². The van der Waals surface area contributed by atoms with E-state index in [1.807, 2.05) is 31.3 Å². The van der Waals surface area contributed by atoms with Crippen LogP contribution in [0.2, 0.25) is 0 Å². The van der Waals surface area contributed by atoms with Crippen LogP contribution in [0.1, 0.15) is 40.9 Å². The minimum Gasteiger partial charge on any atom is -0.488 e. The van der Waals surface area contributed by atoms with Crippen molar-refractivity contribution in [1.29, 1.82) is 0 Å². The Labute approximate surface area is 179 Å². The van der Waals surface area contributed by atoms with Crippen molar-refractivity contribution in [1.82, 2.24) is 4.90 Å². The van der Waals surface area contributed by atoms with Crippen molar-refractivity contribution in [3.63, 3.8) is 0 Å². The van der Waals surface area contributed by atoms with Gasteiger partial charge in [0.15, 0.2) is 0 Å². The molecule has 0 fully saturated rings. The van der Waals surface area contributed by atoms with Crippen LogP contribution in [0.15, 0.2) is 49.6 Å². The van der Waals surface area contributed by atoms with Gasteiger partial charge in [-0.1, -0.05) is 57.4 Å². The van der Waals surface area contributed by atoms with Gasteiger partial charge in [-0.15, -0.1) is 0 Å². The highest BCUT2D eigenvalue weighted by molar-refractivity contribution is 5.91. The first-order chi connectivity index (χ1) is 14.4. The SMILES string of the molecule is C=Cc1cccc(COc2cc(N(C)CCN(CC)CC)ccc2C(=O)O)c1C=C. The van der Waals surface area contributed by atoms with Crippen molar-refractivity contribution in [2.24, 2.45) is 0 Å². The van der Waals surface area contributed by atoms with Crippen LogP contribution in [0.25, 0.3) is 12.2 Å². The lowest BCUT2D eigenvalue weighted by molar-refractivity contribution is 0.0692. The van der Waals surface area contributed by atoms with E-state index in [0.29, 0.717) is 5.75 Å². The lowest BCUT2D eigenvalue weighted by Crippen LogP contribution is -2.33. The van der Waals surface area contributed by atoms with E-state index in [9.17, 15) is 9.90 Å². The molecule has 0 bridgehead atoms. The number of carboxylic acids is 1. The number of rotatable bonds is 12. The molecular formula is C25H32N2O3. The van der Waals surface area contributed by atoms with Gasteiger partial charge in [0.25, 0.3) is 0 Å². The summed E-state index contributed by atoms with van der Waals surface area (Å²) in [6, 6.07) is 11.1. The summed E-state index contributed by atoms with van der Waals surface area (Å²) in [5.74, 6) is -0.653. The molecule has 1 N–H and O–H groups in total. The molecular weight excluding hydrogens is 376 g/mol. The Balaban J connectivity index is 2.24. The van der Waals surface area contributed by atoms with E-state index in [1.54, 1.807) is 24.3 Å². The number of carboxylic acid groups (broad SMARTS) is 1. The number of nitrogens with zero attached hydrogens (tertiary/aromatic N) is 2.